The molecule has 36 heavy (non-hydrogen) atoms. The van der Waals surface area contributed by atoms with Gasteiger partial charge in [-0.3, -0.25) is 10.3 Å². The Bertz CT molecular complexity index is 1330. The van der Waals surface area contributed by atoms with Gasteiger partial charge in [0.2, 0.25) is 0 Å². The molecule has 0 saturated carbocycles. The highest BCUT2D eigenvalue weighted by molar-refractivity contribution is 5.94. The molecule has 2 amide bonds. The molecule has 2 aliphatic heterocycles. The first-order valence-electron chi connectivity index (χ1n) is 12.1. The highest BCUT2D eigenvalue weighted by Crippen LogP contribution is 2.30. The number of carbonyl (C=O) groups is 1. The van der Waals surface area contributed by atoms with Crippen molar-refractivity contribution in [2.75, 3.05) is 38.0 Å². The van der Waals surface area contributed by atoms with Crippen LogP contribution < -0.4 is 10.6 Å². The number of halogens is 1. The molecule has 1 fully saturated rings. The number of benzene rings is 2. The molecule has 2 atom stereocenters. The number of urea groups is 1. The fourth-order valence-corrected chi connectivity index (χ4v) is 4.66. The molecule has 3 heterocycles. The predicted octanol–water partition coefficient (Wildman–Crippen LogP) is 3.96. The van der Waals surface area contributed by atoms with Gasteiger partial charge in [-0.15, -0.1) is 0 Å². The molecule has 9 heteroatoms. The van der Waals surface area contributed by atoms with E-state index in [0.717, 1.165) is 27.9 Å². The van der Waals surface area contributed by atoms with Crippen LogP contribution in [0.5, 0.6) is 0 Å². The number of amidine groups is 1. The minimum absolute atomic E-state index is 0.134. The molecule has 8 nitrogen and oxygen atoms in total. The SMILES string of the molecule is Cc1c(C(O)NC2C=CC(N3CCN(C(=O)Nc4ccccc4F)CC3)=NC2)oc2c(C)cccc12. The van der Waals surface area contributed by atoms with Crippen LogP contribution in [-0.2, 0) is 0 Å². The molecule has 2 aliphatic rings. The summed E-state index contributed by atoms with van der Waals surface area (Å²) in [6.45, 7) is 6.71. The number of aliphatic hydroxyl groups excluding tert-OH is 1. The van der Waals surface area contributed by atoms with E-state index in [9.17, 15) is 14.3 Å². The average molecular weight is 492 g/mol. The Hall–Kier alpha value is -3.69. The number of amides is 2. The van der Waals surface area contributed by atoms with Crippen LogP contribution in [0.1, 0.15) is 23.1 Å². The van der Waals surface area contributed by atoms with Crippen LogP contribution in [0.2, 0.25) is 0 Å². The molecule has 3 N–H and O–H groups in total. The zero-order valence-corrected chi connectivity index (χ0v) is 20.4. The van der Waals surface area contributed by atoms with Crippen LogP contribution in [-0.4, -0.2) is 65.5 Å². The van der Waals surface area contributed by atoms with Crippen LogP contribution in [0.4, 0.5) is 14.9 Å². The smallest absolute Gasteiger partial charge is 0.322 e. The molecule has 2 aromatic carbocycles. The van der Waals surface area contributed by atoms with Crippen molar-refractivity contribution in [3.05, 3.63) is 77.3 Å². The molecule has 2 unspecified atom stereocenters. The summed E-state index contributed by atoms with van der Waals surface area (Å²) in [7, 11) is 0. The number of furan rings is 1. The number of nitrogens with one attached hydrogen (secondary N) is 2. The quantitative estimate of drug-likeness (QED) is 0.481. The number of fused-ring (bicyclic) bond motifs is 1. The van der Waals surface area contributed by atoms with Crippen LogP contribution >= 0.6 is 0 Å². The standard InChI is InChI=1S/C27H30FN5O3/c1-17-6-5-7-20-18(2)25(36-24(17)20)26(34)30-19-10-11-23(29-16-19)32-12-14-33(15-13-32)27(35)31-22-9-4-3-8-21(22)28/h3-11,19,26,30,34H,12-16H2,1-2H3,(H,31,35). The van der Waals surface area contributed by atoms with E-state index in [4.69, 9.17) is 9.41 Å². The van der Waals surface area contributed by atoms with Crippen LogP contribution in [0.25, 0.3) is 11.0 Å². The van der Waals surface area contributed by atoms with E-state index in [2.05, 4.69) is 15.5 Å². The van der Waals surface area contributed by atoms with Crippen molar-refractivity contribution in [2.24, 2.45) is 4.99 Å². The second-order valence-corrected chi connectivity index (χ2v) is 9.16. The Morgan fingerprint density at radius 3 is 2.61 bits per heavy atom. The van der Waals surface area contributed by atoms with Gasteiger partial charge < -0.3 is 24.6 Å². The Balaban J connectivity index is 1.13. The Morgan fingerprint density at radius 2 is 1.92 bits per heavy atom. The number of nitrogens with zero attached hydrogens (tertiary/aromatic N) is 3. The number of para-hydroxylation sites is 2. The van der Waals surface area contributed by atoms with E-state index in [1.54, 1.807) is 23.1 Å². The summed E-state index contributed by atoms with van der Waals surface area (Å²) in [6.07, 6.45) is 2.99. The Kier molecular flexibility index (Phi) is 6.75. The molecular formula is C27H30FN5O3. The number of carbonyl (C=O) groups excluding carboxylic acids is 1. The lowest BCUT2D eigenvalue weighted by Crippen LogP contribution is -2.52. The number of piperazine rings is 1. The van der Waals surface area contributed by atoms with Gasteiger partial charge in [0, 0.05) is 43.2 Å². The Labute approximate surface area is 209 Å². The van der Waals surface area contributed by atoms with Crippen molar-refractivity contribution in [1.82, 2.24) is 15.1 Å². The first kappa shape index (κ1) is 24.0. The first-order chi connectivity index (χ1) is 17.4. The third-order valence-corrected chi connectivity index (χ3v) is 6.75. The van der Waals surface area contributed by atoms with Gasteiger partial charge in [0.25, 0.3) is 0 Å². The number of anilines is 1. The minimum atomic E-state index is -0.945. The summed E-state index contributed by atoms with van der Waals surface area (Å²) in [5.74, 6) is 0.921. The summed E-state index contributed by atoms with van der Waals surface area (Å²) < 4.78 is 19.8. The molecule has 0 aliphatic carbocycles. The second-order valence-electron chi connectivity index (χ2n) is 9.16. The lowest BCUT2D eigenvalue weighted by atomic mass is 10.1. The molecule has 0 radical (unpaired) electrons. The van der Waals surface area contributed by atoms with E-state index in [-0.39, 0.29) is 17.8 Å². The van der Waals surface area contributed by atoms with Gasteiger partial charge in [-0.2, -0.15) is 0 Å². The molecule has 0 spiro atoms. The van der Waals surface area contributed by atoms with Gasteiger partial charge >= 0.3 is 6.03 Å². The van der Waals surface area contributed by atoms with E-state index in [0.29, 0.717) is 38.5 Å². The number of aryl methyl sites for hydroxylation is 2. The minimum Gasteiger partial charge on any atom is -0.456 e. The lowest BCUT2D eigenvalue weighted by molar-refractivity contribution is 0.108. The zero-order valence-electron chi connectivity index (χ0n) is 20.4. The van der Waals surface area contributed by atoms with Crippen molar-refractivity contribution in [2.45, 2.75) is 26.1 Å². The highest BCUT2D eigenvalue weighted by atomic mass is 19.1. The van der Waals surface area contributed by atoms with Gasteiger partial charge in [-0.1, -0.05) is 36.4 Å². The lowest BCUT2D eigenvalue weighted by Gasteiger charge is -2.36. The summed E-state index contributed by atoms with van der Waals surface area (Å²) >= 11 is 0. The van der Waals surface area contributed by atoms with Crippen molar-refractivity contribution in [1.29, 1.82) is 0 Å². The molecule has 0 bridgehead atoms. The van der Waals surface area contributed by atoms with E-state index in [1.165, 1.54) is 6.07 Å². The maximum Gasteiger partial charge on any atom is 0.322 e. The summed E-state index contributed by atoms with van der Waals surface area (Å²) in [5, 5.41) is 17.6. The number of aliphatic imine (C=N–C) groups is 1. The normalized spacial score (nSPS) is 18.9. The van der Waals surface area contributed by atoms with Crippen LogP contribution in [0, 0.1) is 19.7 Å². The van der Waals surface area contributed by atoms with Crippen LogP contribution in [0.15, 0.2) is 64.0 Å². The van der Waals surface area contributed by atoms with Gasteiger partial charge in [0.15, 0.2) is 12.0 Å². The molecule has 188 valence electrons. The topological polar surface area (TPSA) is 93.3 Å². The van der Waals surface area contributed by atoms with E-state index >= 15 is 0 Å². The predicted molar refractivity (Wildman–Crippen MR) is 138 cm³/mol. The summed E-state index contributed by atoms with van der Waals surface area (Å²) in [5.41, 5.74) is 2.94. The van der Waals surface area contributed by atoms with Gasteiger partial charge in [0.1, 0.15) is 17.2 Å². The van der Waals surface area contributed by atoms with Gasteiger partial charge in [0.05, 0.1) is 12.2 Å². The van der Waals surface area contributed by atoms with Crippen molar-refractivity contribution >= 4 is 28.5 Å². The number of dihydropyridines is 1. The van der Waals surface area contributed by atoms with Gasteiger partial charge in [-0.25, -0.2) is 9.18 Å². The number of aliphatic hydroxyl groups is 1. The third-order valence-electron chi connectivity index (χ3n) is 6.75. The second kappa shape index (κ2) is 10.1. The largest absolute Gasteiger partial charge is 0.456 e. The number of hydrogen-bond donors (Lipinski definition) is 3. The maximum absolute atomic E-state index is 13.8. The molecule has 1 saturated heterocycles. The van der Waals surface area contributed by atoms with Crippen LogP contribution in [0.3, 0.4) is 0 Å². The van der Waals surface area contributed by atoms with E-state index < -0.39 is 12.0 Å². The first-order valence-corrected chi connectivity index (χ1v) is 12.1. The summed E-state index contributed by atoms with van der Waals surface area (Å²) in [4.78, 5) is 21.0. The fourth-order valence-electron chi connectivity index (χ4n) is 4.66. The van der Waals surface area contributed by atoms with Crippen molar-refractivity contribution < 1.29 is 18.7 Å². The zero-order chi connectivity index (χ0) is 25.2. The summed E-state index contributed by atoms with van der Waals surface area (Å²) in [6, 6.07) is 11.7. The van der Waals surface area contributed by atoms with E-state index in [1.807, 2.05) is 44.2 Å². The number of rotatable bonds is 4. The molecule has 5 rings (SSSR count). The molecular weight excluding hydrogens is 461 g/mol. The van der Waals surface area contributed by atoms with Crippen molar-refractivity contribution in [3.63, 3.8) is 0 Å². The van der Waals surface area contributed by atoms with Gasteiger partial charge in [-0.05, 0) is 37.6 Å². The monoisotopic (exact) mass is 491 g/mol. The molecule has 3 aromatic rings. The maximum atomic E-state index is 13.8. The fraction of sp³-hybridized carbons (Fsp3) is 0.333. The average Bonchev–Trinajstić information content (AvgIpc) is 3.24. The third kappa shape index (κ3) is 4.84. The van der Waals surface area contributed by atoms with Crippen molar-refractivity contribution in [3.8, 4) is 0 Å². The number of hydrogen-bond acceptors (Lipinski definition) is 6. The molecule has 1 aromatic heterocycles. The highest BCUT2D eigenvalue weighted by Gasteiger charge is 2.26. The Morgan fingerprint density at radius 1 is 1.14 bits per heavy atom.